The molecule has 0 spiro atoms. The number of aromatic nitrogens is 6. The lowest BCUT2D eigenvalue weighted by Crippen LogP contribution is -2.15. The first-order valence-electron chi connectivity index (χ1n) is 5.47. The van der Waals surface area contributed by atoms with Crippen LogP contribution in [0.4, 0.5) is 13.2 Å². The number of alkyl halides is 3. The first kappa shape index (κ1) is 13.0. The molecule has 7 nitrogen and oxygen atoms in total. The molecule has 1 unspecified atom stereocenters. The van der Waals surface area contributed by atoms with Crippen molar-refractivity contribution < 1.29 is 13.2 Å². The molecule has 0 fully saturated rings. The first-order chi connectivity index (χ1) is 9.45. The number of nitrogens with one attached hydrogen (secondary N) is 1. The van der Waals surface area contributed by atoms with Crippen LogP contribution in [0.3, 0.4) is 0 Å². The fourth-order valence-corrected chi connectivity index (χ4v) is 2.52. The van der Waals surface area contributed by atoms with Gasteiger partial charge in [0.1, 0.15) is 5.01 Å². The Morgan fingerprint density at radius 1 is 1.40 bits per heavy atom. The van der Waals surface area contributed by atoms with Crippen LogP contribution in [0, 0.1) is 0 Å². The van der Waals surface area contributed by atoms with E-state index in [2.05, 4.69) is 25.3 Å². The summed E-state index contributed by atoms with van der Waals surface area (Å²) in [6.07, 6.45) is -1.10. The number of nitrogens with two attached hydrogens (primary N) is 1. The van der Waals surface area contributed by atoms with E-state index in [-0.39, 0.29) is 4.96 Å². The zero-order valence-corrected chi connectivity index (χ0v) is 10.6. The van der Waals surface area contributed by atoms with Crippen molar-refractivity contribution in [2.45, 2.75) is 18.6 Å². The summed E-state index contributed by atoms with van der Waals surface area (Å²) in [7, 11) is 0. The fraction of sp³-hybridized carbons (Fsp3) is 0.333. The second-order valence-corrected chi connectivity index (χ2v) is 5.03. The summed E-state index contributed by atoms with van der Waals surface area (Å²) in [6.45, 7) is 0. The highest BCUT2D eigenvalue weighted by atomic mass is 32.1. The van der Waals surface area contributed by atoms with Gasteiger partial charge < -0.3 is 10.7 Å². The number of fused-ring (bicyclic) bond motifs is 1. The summed E-state index contributed by atoms with van der Waals surface area (Å²) in [4.78, 5) is 6.78. The summed E-state index contributed by atoms with van der Waals surface area (Å²) < 4.78 is 38.7. The number of nitrogens with zero attached hydrogens (tertiary/aromatic N) is 5. The Bertz CT molecular complexity index is 714. The number of aromatic amines is 1. The molecule has 20 heavy (non-hydrogen) atoms. The van der Waals surface area contributed by atoms with Crippen LogP contribution in [0.15, 0.2) is 12.5 Å². The molecule has 3 heterocycles. The van der Waals surface area contributed by atoms with Gasteiger partial charge in [-0.3, -0.25) is 0 Å². The third-order valence-electron chi connectivity index (χ3n) is 2.57. The molecule has 0 aromatic carbocycles. The Morgan fingerprint density at radius 2 is 2.20 bits per heavy atom. The SMILES string of the molecule is NC(Cc1cnc[nH]1)c1nn2c(C(F)(F)F)nnc2s1. The van der Waals surface area contributed by atoms with Crippen LogP contribution < -0.4 is 5.73 Å². The van der Waals surface area contributed by atoms with Crippen LogP contribution >= 0.6 is 11.3 Å². The standard InChI is InChI=1S/C9H8F3N7S/c10-9(11,12)7-16-17-8-19(7)18-6(20-8)5(13)1-4-2-14-3-15-4/h2-3,5H,1,13H2,(H,14,15). The van der Waals surface area contributed by atoms with Crippen molar-refractivity contribution in [1.29, 1.82) is 0 Å². The quantitative estimate of drug-likeness (QED) is 0.757. The minimum absolute atomic E-state index is 0.0624. The van der Waals surface area contributed by atoms with E-state index in [1.165, 1.54) is 6.33 Å². The molecule has 3 aromatic rings. The molecule has 11 heteroatoms. The molecule has 0 radical (unpaired) electrons. The highest BCUT2D eigenvalue weighted by molar-refractivity contribution is 7.16. The van der Waals surface area contributed by atoms with E-state index in [9.17, 15) is 13.2 Å². The molecule has 0 aliphatic carbocycles. The third kappa shape index (κ3) is 2.25. The van der Waals surface area contributed by atoms with Gasteiger partial charge in [0, 0.05) is 18.3 Å². The average Bonchev–Trinajstić information content (AvgIpc) is 3.01. The van der Waals surface area contributed by atoms with E-state index in [1.54, 1.807) is 6.20 Å². The van der Waals surface area contributed by atoms with Crippen molar-refractivity contribution in [3.8, 4) is 0 Å². The smallest absolute Gasteiger partial charge is 0.348 e. The van der Waals surface area contributed by atoms with Gasteiger partial charge in [-0.1, -0.05) is 11.3 Å². The number of imidazole rings is 1. The van der Waals surface area contributed by atoms with Gasteiger partial charge in [0.2, 0.25) is 4.96 Å². The maximum absolute atomic E-state index is 12.7. The largest absolute Gasteiger partial charge is 0.453 e. The molecule has 0 aliphatic rings. The predicted octanol–water partition coefficient (Wildman–Crippen LogP) is 1.17. The van der Waals surface area contributed by atoms with Crippen molar-refractivity contribution in [2.75, 3.05) is 0 Å². The van der Waals surface area contributed by atoms with Crippen LogP contribution in [0.25, 0.3) is 4.96 Å². The second kappa shape index (κ2) is 4.52. The van der Waals surface area contributed by atoms with Gasteiger partial charge in [-0.2, -0.15) is 22.8 Å². The molecule has 3 N–H and O–H groups in total. The number of hydrogen-bond donors (Lipinski definition) is 2. The van der Waals surface area contributed by atoms with Crippen molar-refractivity contribution >= 4 is 16.3 Å². The molecular weight excluding hydrogens is 295 g/mol. The van der Waals surface area contributed by atoms with Crippen LogP contribution in [0.1, 0.15) is 22.6 Å². The highest BCUT2D eigenvalue weighted by Crippen LogP contribution is 2.30. The summed E-state index contributed by atoms with van der Waals surface area (Å²) in [5.74, 6) is -1.15. The molecule has 0 amide bonds. The molecule has 3 aromatic heterocycles. The van der Waals surface area contributed by atoms with Crippen molar-refractivity contribution in [3.63, 3.8) is 0 Å². The van der Waals surface area contributed by atoms with E-state index in [0.717, 1.165) is 17.0 Å². The van der Waals surface area contributed by atoms with Crippen molar-refractivity contribution in [2.24, 2.45) is 5.73 Å². The van der Waals surface area contributed by atoms with Crippen LogP contribution in [0.2, 0.25) is 0 Å². The monoisotopic (exact) mass is 303 g/mol. The van der Waals surface area contributed by atoms with Crippen LogP contribution in [-0.2, 0) is 12.6 Å². The Labute approximate surface area is 113 Å². The summed E-state index contributed by atoms with van der Waals surface area (Å²) in [6, 6.07) is -0.539. The van der Waals surface area contributed by atoms with Gasteiger partial charge in [0.25, 0.3) is 5.82 Å². The van der Waals surface area contributed by atoms with Gasteiger partial charge in [0.05, 0.1) is 12.4 Å². The second-order valence-electron chi connectivity index (χ2n) is 4.04. The molecular formula is C9H8F3N7S. The Balaban J connectivity index is 1.91. The average molecular weight is 303 g/mol. The molecule has 1 atom stereocenters. The predicted molar refractivity (Wildman–Crippen MR) is 62.9 cm³/mol. The molecule has 106 valence electrons. The van der Waals surface area contributed by atoms with Gasteiger partial charge in [-0.15, -0.1) is 10.2 Å². The minimum atomic E-state index is -4.60. The normalized spacial score (nSPS) is 14.0. The minimum Gasteiger partial charge on any atom is -0.348 e. The van der Waals surface area contributed by atoms with Crippen LogP contribution in [0.5, 0.6) is 0 Å². The Morgan fingerprint density at radius 3 is 2.85 bits per heavy atom. The number of halogens is 3. The zero-order valence-electron chi connectivity index (χ0n) is 9.79. The zero-order chi connectivity index (χ0) is 14.3. The molecule has 0 aliphatic heterocycles. The van der Waals surface area contributed by atoms with E-state index in [0.29, 0.717) is 15.9 Å². The van der Waals surface area contributed by atoms with E-state index in [1.807, 2.05) is 0 Å². The Hall–Kier alpha value is -2.01. The van der Waals surface area contributed by atoms with Gasteiger partial charge in [0.15, 0.2) is 0 Å². The van der Waals surface area contributed by atoms with Gasteiger partial charge >= 0.3 is 6.18 Å². The lowest BCUT2D eigenvalue weighted by molar-refractivity contribution is -0.146. The number of hydrogen-bond acceptors (Lipinski definition) is 6. The number of rotatable bonds is 3. The molecule has 0 bridgehead atoms. The Kier molecular flexibility index (Phi) is 2.94. The molecule has 0 saturated heterocycles. The number of H-pyrrole nitrogens is 1. The topological polar surface area (TPSA) is 97.8 Å². The lowest BCUT2D eigenvalue weighted by atomic mass is 10.2. The van der Waals surface area contributed by atoms with Gasteiger partial charge in [-0.05, 0) is 0 Å². The fourth-order valence-electron chi connectivity index (χ4n) is 1.68. The van der Waals surface area contributed by atoms with E-state index < -0.39 is 18.0 Å². The van der Waals surface area contributed by atoms with Gasteiger partial charge in [-0.25, -0.2) is 4.98 Å². The first-order valence-corrected chi connectivity index (χ1v) is 6.29. The molecule has 3 rings (SSSR count). The highest BCUT2D eigenvalue weighted by Gasteiger charge is 2.38. The maximum atomic E-state index is 12.7. The van der Waals surface area contributed by atoms with Crippen molar-refractivity contribution in [3.05, 3.63) is 29.1 Å². The summed E-state index contributed by atoms with van der Waals surface area (Å²) in [5, 5.41) is 10.7. The van der Waals surface area contributed by atoms with E-state index in [4.69, 9.17) is 5.73 Å². The summed E-state index contributed by atoms with van der Waals surface area (Å²) in [5.41, 5.74) is 6.70. The maximum Gasteiger partial charge on any atom is 0.453 e. The molecule has 0 saturated carbocycles. The van der Waals surface area contributed by atoms with E-state index >= 15 is 0 Å². The van der Waals surface area contributed by atoms with Crippen molar-refractivity contribution in [1.82, 2.24) is 29.8 Å². The lowest BCUT2D eigenvalue weighted by Gasteiger charge is -2.05. The van der Waals surface area contributed by atoms with Crippen LogP contribution in [-0.4, -0.2) is 29.8 Å². The third-order valence-corrected chi connectivity index (χ3v) is 3.60. The summed E-state index contributed by atoms with van der Waals surface area (Å²) >= 11 is 0.983.